The summed E-state index contributed by atoms with van der Waals surface area (Å²) in [6.07, 6.45) is 1.44. The lowest BCUT2D eigenvalue weighted by molar-refractivity contribution is 0.0601. The summed E-state index contributed by atoms with van der Waals surface area (Å²) in [6.45, 7) is 1.75. The van der Waals surface area contributed by atoms with Gasteiger partial charge in [0.25, 0.3) is 0 Å². The summed E-state index contributed by atoms with van der Waals surface area (Å²) >= 11 is 0. The van der Waals surface area contributed by atoms with E-state index >= 15 is 0 Å². The number of rotatable bonds is 2. The normalized spacial score (nSPS) is 9.46. The Kier molecular flexibility index (Phi) is 2.79. The molecule has 0 radical (unpaired) electrons. The number of methoxy groups -OCH3 is 1. The maximum atomic E-state index is 11.2. The van der Waals surface area contributed by atoms with Crippen molar-refractivity contribution in [3.63, 3.8) is 0 Å². The number of hydrogen-bond donors (Lipinski definition) is 1. The molecule has 1 heterocycles. The molecule has 0 saturated carbocycles. The Morgan fingerprint density at radius 2 is 2.31 bits per heavy atom. The summed E-state index contributed by atoms with van der Waals surface area (Å²) in [6, 6.07) is 0. The summed E-state index contributed by atoms with van der Waals surface area (Å²) in [4.78, 5) is 19.1. The van der Waals surface area contributed by atoms with Crippen molar-refractivity contribution < 1.29 is 9.53 Å². The Morgan fingerprint density at radius 3 is 2.85 bits per heavy atom. The SMILES string of the molecule is CNc1nc(C)ncc1C(=O)OC. The van der Waals surface area contributed by atoms with Gasteiger partial charge in [0.2, 0.25) is 0 Å². The van der Waals surface area contributed by atoms with Gasteiger partial charge in [-0.25, -0.2) is 14.8 Å². The smallest absolute Gasteiger partial charge is 0.343 e. The lowest BCUT2D eigenvalue weighted by atomic mass is 10.3. The van der Waals surface area contributed by atoms with Crippen LogP contribution in [0.3, 0.4) is 0 Å². The number of nitrogens with zero attached hydrogens (tertiary/aromatic N) is 2. The number of esters is 1. The van der Waals surface area contributed by atoms with E-state index in [-0.39, 0.29) is 0 Å². The number of aryl methyl sites for hydroxylation is 1. The van der Waals surface area contributed by atoms with Crippen LogP contribution in [0, 0.1) is 6.92 Å². The number of aromatic nitrogens is 2. The molecule has 0 unspecified atom stereocenters. The van der Waals surface area contributed by atoms with Gasteiger partial charge in [-0.1, -0.05) is 0 Å². The minimum Gasteiger partial charge on any atom is -0.465 e. The van der Waals surface area contributed by atoms with E-state index in [0.717, 1.165) is 0 Å². The third kappa shape index (κ3) is 1.93. The summed E-state index contributed by atoms with van der Waals surface area (Å²) in [5.41, 5.74) is 0.343. The summed E-state index contributed by atoms with van der Waals surface area (Å²) in [5, 5.41) is 2.80. The van der Waals surface area contributed by atoms with E-state index in [0.29, 0.717) is 17.2 Å². The largest absolute Gasteiger partial charge is 0.465 e. The molecule has 0 amide bonds. The van der Waals surface area contributed by atoms with Crippen molar-refractivity contribution in [2.75, 3.05) is 19.5 Å². The zero-order valence-electron chi connectivity index (χ0n) is 7.79. The first-order chi connectivity index (χ1) is 6.19. The van der Waals surface area contributed by atoms with Crippen LogP contribution in [-0.4, -0.2) is 30.1 Å². The predicted octanol–water partition coefficient (Wildman–Crippen LogP) is 0.613. The van der Waals surface area contributed by atoms with Gasteiger partial charge < -0.3 is 10.1 Å². The van der Waals surface area contributed by atoms with Crippen LogP contribution in [0.15, 0.2) is 6.20 Å². The first-order valence-corrected chi connectivity index (χ1v) is 3.78. The molecular weight excluding hydrogens is 170 g/mol. The van der Waals surface area contributed by atoms with Crippen molar-refractivity contribution in [1.29, 1.82) is 0 Å². The monoisotopic (exact) mass is 181 g/mol. The number of carbonyl (C=O) groups excluding carboxylic acids is 1. The summed E-state index contributed by atoms with van der Waals surface area (Å²) in [7, 11) is 3.01. The number of anilines is 1. The van der Waals surface area contributed by atoms with Crippen molar-refractivity contribution in [3.05, 3.63) is 17.6 Å². The van der Waals surface area contributed by atoms with Crippen molar-refractivity contribution >= 4 is 11.8 Å². The third-order valence-electron chi connectivity index (χ3n) is 1.55. The fourth-order valence-electron chi connectivity index (χ4n) is 0.920. The molecule has 0 aliphatic rings. The van der Waals surface area contributed by atoms with Gasteiger partial charge in [0.05, 0.1) is 7.11 Å². The van der Waals surface area contributed by atoms with E-state index in [2.05, 4.69) is 20.0 Å². The molecule has 1 N–H and O–H groups in total. The van der Waals surface area contributed by atoms with Gasteiger partial charge in [0.15, 0.2) is 0 Å². The van der Waals surface area contributed by atoms with E-state index in [1.54, 1.807) is 14.0 Å². The van der Waals surface area contributed by atoms with Crippen LogP contribution in [0.1, 0.15) is 16.2 Å². The minimum atomic E-state index is -0.440. The average Bonchev–Trinajstić information content (AvgIpc) is 2.16. The van der Waals surface area contributed by atoms with Gasteiger partial charge in [-0.3, -0.25) is 0 Å². The highest BCUT2D eigenvalue weighted by Gasteiger charge is 2.12. The van der Waals surface area contributed by atoms with Crippen molar-refractivity contribution in [3.8, 4) is 0 Å². The maximum Gasteiger partial charge on any atom is 0.343 e. The van der Waals surface area contributed by atoms with E-state index < -0.39 is 5.97 Å². The zero-order valence-corrected chi connectivity index (χ0v) is 7.79. The Balaban J connectivity index is 3.13. The third-order valence-corrected chi connectivity index (χ3v) is 1.55. The molecule has 1 rings (SSSR count). The molecule has 1 aromatic heterocycles. The van der Waals surface area contributed by atoms with Crippen LogP contribution in [0.2, 0.25) is 0 Å². The lowest BCUT2D eigenvalue weighted by Gasteiger charge is -2.05. The molecule has 0 aliphatic carbocycles. The quantitative estimate of drug-likeness (QED) is 0.677. The molecule has 0 atom stereocenters. The topological polar surface area (TPSA) is 64.1 Å². The Bertz CT molecular complexity index is 325. The Hall–Kier alpha value is -1.65. The average molecular weight is 181 g/mol. The lowest BCUT2D eigenvalue weighted by Crippen LogP contribution is -2.09. The second-order valence-electron chi connectivity index (χ2n) is 2.42. The van der Waals surface area contributed by atoms with Gasteiger partial charge in [-0.2, -0.15) is 0 Å². The maximum absolute atomic E-state index is 11.2. The van der Waals surface area contributed by atoms with Crippen molar-refractivity contribution in [2.45, 2.75) is 6.92 Å². The molecule has 13 heavy (non-hydrogen) atoms. The van der Waals surface area contributed by atoms with Gasteiger partial charge in [0.1, 0.15) is 17.2 Å². The summed E-state index contributed by atoms with van der Waals surface area (Å²) < 4.78 is 4.56. The number of carbonyl (C=O) groups is 1. The molecule has 0 aliphatic heterocycles. The molecule has 0 aromatic carbocycles. The van der Waals surface area contributed by atoms with Crippen LogP contribution in [-0.2, 0) is 4.74 Å². The predicted molar refractivity (Wildman–Crippen MR) is 47.7 cm³/mol. The highest BCUT2D eigenvalue weighted by atomic mass is 16.5. The van der Waals surface area contributed by atoms with E-state index in [1.165, 1.54) is 13.3 Å². The number of nitrogens with one attached hydrogen (secondary N) is 1. The second kappa shape index (κ2) is 3.84. The van der Waals surface area contributed by atoms with Crippen LogP contribution < -0.4 is 5.32 Å². The highest BCUT2D eigenvalue weighted by Crippen LogP contribution is 2.11. The standard InChI is InChI=1S/C8H11N3O2/c1-5-10-4-6(8(12)13-3)7(9-2)11-5/h4H,1-3H3,(H,9,10,11). The number of ether oxygens (including phenoxy) is 1. The van der Waals surface area contributed by atoms with Gasteiger partial charge in [0, 0.05) is 13.2 Å². The molecule has 0 saturated heterocycles. The highest BCUT2D eigenvalue weighted by molar-refractivity contribution is 5.94. The molecule has 0 bridgehead atoms. The van der Waals surface area contributed by atoms with E-state index in [4.69, 9.17) is 0 Å². The van der Waals surface area contributed by atoms with E-state index in [1.807, 2.05) is 0 Å². The molecule has 0 spiro atoms. The molecular formula is C8H11N3O2. The molecule has 1 aromatic rings. The van der Waals surface area contributed by atoms with E-state index in [9.17, 15) is 4.79 Å². The van der Waals surface area contributed by atoms with Crippen LogP contribution >= 0.6 is 0 Å². The van der Waals surface area contributed by atoms with Crippen LogP contribution in [0.5, 0.6) is 0 Å². The Labute approximate surface area is 76.2 Å². The molecule has 5 heteroatoms. The fourth-order valence-corrected chi connectivity index (χ4v) is 0.920. The second-order valence-corrected chi connectivity index (χ2v) is 2.42. The zero-order chi connectivity index (χ0) is 9.84. The van der Waals surface area contributed by atoms with Gasteiger partial charge in [-0.05, 0) is 6.92 Å². The van der Waals surface area contributed by atoms with Crippen LogP contribution in [0.25, 0.3) is 0 Å². The van der Waals surface area contributed by atoms with Gasteiger partial charge in [-0.15, -0.1) is 0 Å². The first kappa shape index (κ1) is 9.44. The minimum absolute atomic E-state index is 0.343. The molecule has 0 fully saturated rings. The Morgan fingerprint density at radius 1 is 1.62 bits per heavy atom. The number of hydrogen-bond acceptors (Lipinski definition) is 5. The van der Waals surface area contributed by atoms with Crippen molar-refractivity contribution in [1.82, 2.24) is 9.97 Å². The fraction of sp³-hybridized carbons (Fsp3) is 0.375. The van der Waals surface area contributed by atoms with Gasteiger partial charge >= 0.3 is 5.97 Å². The van der Waals surface area contributed by atoms with Crippen LogP contribution in [0.4, 0.5) is 5.82 Å². The summed E-state index contributed by atoms with van der Waals surface area (Å²) in [5.74, 6) is 0.653. The van der Waals surface area contributed by atoms with Crippen molar-refractivity contribution in [2.24, 2.45) is 0 Å². The first-order valence-electron chi connectivity index (χ1n) is 3.78. The molecule has 70 valence electrons. The molecule has 5 nitrogen and oxygen atoms in total.